The molecule has 1 heterocycles. The second-order valence-electron chi connectivity index (χ2n) is 4.90. The molecule has 5 heteroatoms. The van der Waals surface area contributed by atoms with Gasteiger partial charge in [-0.05, 0) is 32.8 Å². The van der Waals surface area contributed by atoms with Crippen LogP contribution in [0.1, 0.15) is 24.2 Å². The monoisotopic (exact) mass is 261 g/mol. The number of aromatic nitrogens is 2. The Morgan fingerprint density at radius 1 is 1.42 bits per heavy atom. The van der Waals surface area contributed by atoms with Crippen molar-refractivity contribution in [2.45, 2.75) is 33.2 Å². The predicted molar refractivity (Wildman–Crippen MR) is 72.8 cm³/mol. The Morgan fingerprint density at radius 2 is 2.11 bits per heavy atom. The summed E-state index contributed by atoms with van der Waals surface area (Å²) in [5, 5.41) is 2.88. The molecule has 1 aliphatic rings. The number of rotatable bonds is 4. The van der Waals surface area contributed by atoms with Crippen molar-refractivity contribution in [2.75, 3.05) is 6.54 Å². The van der Waals surface area contributed by atoms with Crippen LogP contribution in [0.25, 0.3) is 0 Å². The van der Waals surface area contributed by atoms with Crippen molar-refractivity contribution in [2.24, 2.45) is 5.92 Å². The van der Waals surface area contributed by atoms with E-state index >= 15 is 0 Å². The molecule has 102 valence electrons. The summed E-state index contributed by atoms with van der Waals surface area (Å²) in [6.45, 7) is 4.59. The van der Waals surface area contributed by atoms with Gasteiger partial charge in [-0.1, -0.05) is 12.2 Å². The normalized spacial score (nSPS) is 14.8. The van der Waals surface area contributed by atoms with Crippen LogP contribution in [-0.4, -0.2) is 22.0 Å². The number of carbonyl (C=O) groups excluding carboxylic acids is 1. The third kappa shape index (κ3) is 3.30. The Morgan fingerprint density at radius 3 is 2.74 bits per heavy atom. The van der Waals surface area contributed by atoms with Crippen molar-refractivity contribution >= 4 is 5.91 Å². The molecule has 1 aliphatic carbocycles. The lowest BCUT2D eigenvalue weighted by Gasteiger charge is -2.13. The van der Waals surface area contributed by atoms with Gasteiger partial charge in [0.2, 0.25) is 5.91 Å². The van der Waals surface area contributed by atoms with Gasteiger partial charge in [-0.2, -0.15) is 4.98 Å². The lowest BCUT2D eigenvalue weighted by molar-refractivity contribution is -0.124. The van der Waals surface area contributed by atoms with Crippen molar-refractivity contribution in [3.63, 3.8) is 0 Å². The van der Waals surface area contributed by atoms with Gasteiger partial charge in [0.15, 0.2) is 0 Å². The first-order valence-corrected chi connectivity index (χ1v) is 6.55. The number of hydrogen-bond donors (Lipinski definition) is 1. The minimum Gasteiger partial charge on any atom is -0.354 e. The van der Waals surface area contributed by atoms with Gasteiger partial charge in [-0.3, -0.25) is 9.36 Å². The van der Waals surface area contributed by atoms with Gasteiger partial charge in [0, 0.05) is 30.4 Å². The van der Waals surface area contributed by atoms with E-state index in [-0.39, 0.29) is 17.5 Å². The number of allylic oxidation sites excluding steroid dienone is 2. The van der Waals surface area contributed by atoms with Gasteiger partial charge in [0.05, 0.1) is 0 Å². The number of nitrogens with one attached hydrogen (secondary N) is 1. The molecule has 0 atom stereocenters. The van der Waals surface area contributed by atoms with Gasteiger partial charge in [-0.25, -0.2) is 4.79 Å². The molecule has 1 aromatic heterocycles. The molecule has 1 N–H and O–H groups in total. The summed E-state index contributed by atoms with van der Waals surface area (Å²) in [5.41, 5.74) is 1.34. The van der Waals surface area contributed by atoms with Gasteiger partial charge in [0.1, 0.15) is 0 Å². The Balaban J connectivity index is 1.89. The maximum Gasteiger partial charge on any atom is 0.348 e. The molecule has 0 unspecified atom stereocenters. The van der Waals surface area contributed by atoms with Crippen LogP contribution in [0.4, 0.5) is 0 Å². The highest BCUT2D eigenvalue weighted by molar-refractivity contribution is 5.79. The van der Waals surface area contributed by atoms with Crippen LogP contribution in [0.15, 0.2) is 23.0 Å². The quantitative estimate of drug-likeness (QED) is 0.820. The Kier molecular flexibility index (Phi) is 4.14. The van der Waals surface area contributed by atoms with E-state index in [1.165, 1.54) is 0 Å². The van der Waals surface area contributed by atoms with E-state index in [0.717, 1.165) is 24.2 Å². The van der Waals surface area contributed by atoms with E-state index in [0.29, 0.717) is 13.1 Å². The third-order valence-corrected chi connectivity index (χ3v) is 3.36. The summed E-state index contributed by atoms with van der Waals surface area (Å²) >= 11 is 0. The number of amides is 1. The van der Waals surface area contributed by atoms with E-state index in [4.69, 9.17) is 0 Å². The molecule has 0 fully saturated rings. The molecule has 5 nitrogen and oxygen atoms in total. The smallest absolute Gasteiger partial charge is 0.348 e. The van der Waals surface area contributed by atoms with Crippen LogP contribution >= 0.6 is 0 Å². The van der Waals surface area contributed by atoms with Crippen LogP contribution in [0, 0.1) is 19.8 Å². The summed E-state index contributed by atoms with van der Waals surface area (Å²) in [6, 6.07) is 1.87. The number of carbonyl (C=O) groups is 1. The average molecular weight is 261 g/mol. The molecule has 1 aromatic rings. The van der Waals surface area contributed by atoms with E-state index < -0.39 is 0 Å². The minimum absolute atomic E-state index is 0.0639. The molecule has 19 heavy (non-hydrogen) atoms. The SMILES string of the molecule is Cc1cc(C)n(CCNC(=O)C2CC=CC2)c(=O)n1. The van der Waals surface area contributed by atoms with Crippen LogP contribution < -0.4 is 11.0 Å². The molecule has 1 amide bonds. The lowest BCUT2D eigenvalue weighted by atomic mass is 10.1. The molecular formula is C14H19N3O2. The second-order valence-corrected chi connectivity index (χ2v) is 4.90. The molecular weight excluding hydrogens is 242 g/mol. The molecule has 0 spiro atoms. The predicted octanol–water partition coefficient (Wildman–Crippen LogP) is 0.943. The van der Waals surface area contributed by atoms with Gasteiger partial charge >= 0.3 is 5.69 Å². The van der Waals surface area contributed by atoms with Crippen LogP contribution in [0.3, 0.4) is 0 Å². The first kappa shape index (κ1) is 13.5. The zero-order valence-electron chi connectivity index (χ0n) is 11.3. The molecule has 0 saturated carbocycles. The van der Waals surface area contributed by atoms with E-state index in [1.807, 2.05) is 25.1 Å². The Hall–Kier alpha value is -1.91. The lowest BCUT2D eigenvalue weighted by Crippen LogP contribution is -2.35. The summed E-state index contributed by atoms with van der Waals surface area (Å²) < 4.78 is 1.58. The van der Waals surface area contributed by atoms with E-state index in [9.17, 15) is 9.59 Å². The zero-order chi connectivity index (χ0) is 13.8. The molecule has 0 aromatic carbocycles. The van der Waals surface area contributed by atoms with Crippen LogP contribution in [-0.2, 0) is 11.3 Å². The first-order chi connectivity index (χ1) is 9.08. The van der Waals surface area contributed by atoms with E-state index in [1.54, 1.807) is 11.5 Å². The third-order valence-electron chi connectivity index (χ3n) is 3.36. The molecule has 2 rings (SSSR count). The van der Waals surface area contributed by atoms with Crippen molar-refractivity contribution in [3.8, 4) is 0 Å². The summed E-state index contributed by atoms with van der Waals surface area (Å²) in [5.74, 6) is 0.129. The molecule has 0 saturated heterocycles. The topological polar surface area (TPSA) is 64.0 Å². The first-order valence-electron chi connectivity index (χ1n) is 6.55. The van der Waals surface area contributed by atoms with Crippen molar-refractivity contribution in [1.29, 1.82) is 0 Å². The fourth-order valence-electron chi connectivity index (χ4n) is 2.31. The average Bonchev–Trinajstić information content (AvgIpc) is 2.85. The number of hydrogen-bond acceptors (Lipinski definition) is 3. The maximum absolute atomic E-state index is 11.8. The Labute approximate surface area is 112 Å². The largest absolute Gasteiger partial charge is 0.354 e. The van der Waals surface area contributed by atoms with E-state index in [2.05, 4.69) is 10.3 Å². The fourth-order valence-corrected chi connectivity index (χ4v) is 2.31. The zero-order valence-corrected chi connectivity index (χ0v) is 11.3. The number of aryl methyl sites for hydroxylation is 2. The maximum atomic E-state index is 11.8. The minimum atomic E-state index is -0.255. The standard InChI is InChI=1S/C14H19N3O2/c1-10-9-11(2)17(14(19)16-10)8-7-15-13(18)12-5-3-4-6-12/h3-4,9,12H,5-8H2,1-2H3,(H,15,18). The summed E-state index contributed by atoms with van der Waals surface area (Å²) in [6.07, 6.45) is 5.69. The van der Waals surface area contributed by atoms with Crippen LogP contribution in [0.5, 0.6) is 0 Å². The van der Waals surface area contributed by atoms with Crippen molar-refractivity contribution < 1.29 is 4.79 Å². The van der Waals surface area contributed by atoms with Crippen LogP contribution in [0.2, 0.25) is 0 Å². The van der Waals surface area contributed by atoms with Gasteiger partial charge in [0.25, 0.3) is 0 Å². The number of nitrogens with zero attached hydrogens (tertiary/aromatic N) is 2. The Bertz CT molecular complexity index is 552. The summed E-state index contributed by atoms with van der Waals surface area (Å²) in [4.78, 5) is 27.4. The van der Waals surface area contributed by atoms with Gasteiger partial charge < -0.3 is 5.32 Å². The highest BCUT2D eigenvalue weighted by Gasteiger charge is 2.18. The highest BCUT2D eigenvalue weighted by Crippen LogP contribution is 2.17. The fraction of sp³-hybridized carbons (Fsp3) is 0.500. The second kappa shape index (κ2) is 5.82. The molecule has 0 aliphatic heterocycles. The summed E-state index contributed by atoms with van der Waals surface area (Å²) in [7, 11) is 0. The van der Waals surface area contributed by atoms with Crippen molar-refractivity contribution in [1.82, 2.24) is 14.9 Å². The highest BCUT2D eigenvalue weighted by atomic mass is 16.2. The van der Waals surface area contributed by atoms with Crippen molar-refractivity contribution in [3.05, 3.63) is 40.1 Å². The van der Waals surface area contributed by atoms with Gasteiger partial charge in [-0.15, -0.1) is 0 Å². The molecule has 0 radical (unpaired) electrons. The molecule has 0 bridgehead atoms.